The van der Waals surface area contributed by atoms with Crippen LogP contribution in [0.3, 0.4) is 0 Å². The fourth-order valence-corrected chi connectivity index (χ4v) is 2.29. The topological polar surface area (TPSA) is 63.4 Å². The second-order valence-corrected chi connectivity index (χ2v) is 4.75. The Morgan fingerprint density at radius 3 is 3.06 bits per heavy atom. The normalized spacial score (nSPS) is 19.8. The first-order chi connectivity index (χ1) is 8.78. The molecule has 2 rings (SSSR count). The van der Waals surface area contributed by atoms with Crippen molar-refractivity contribution in [2.75, 3.05) is 33.4 Å². The van der Waals surface area contributed by atoms with E-state index in [2.05, 4.69) is 20.4 Å². The third-order valence-electron chi connectivity index (χ3n) is 3.19. The van der Waals surface area contributed by atoms with Gasteiger partial charge >= 0.3 is 0 Å². The molecule has 2 heterocycles. The highest BCUT2D eigenvalue weighted by Gasteiger charge is 2.19. The van der Waals surface area contributed by atoms with Gasteiger partial charge in [-0.15, -0.1) is 0 Å². The van der Waals surface area contributed by atoms with E-state index in [9.17, 15) is 0 Å². The summed E-state index contributed by atoms with van der Waals surface area (Å²) in [5.74, 6) is 1.37. The SMILES string of the molecule is COCCN(Cc1noc(C)n1)CC1CCCN1. The van der Waals surface area contributed by atoms with Gasteiger partial charge in [0.25, 0.3) is 0 Å². The summed E-state index contributed by atoms with van der Waals surface area (Å²) in [6.45, 7) is 6.29. The van der Waals surface area contributed by atoms with Gasteiger partial charge in [0, 0.05) is 33.2 Å². The molecule has 102 valence electrons. The van der Waals surface area contributed by atoms with Gasteiger partial charge < -0.3 is 14.6 Å². The molecule has 1 atom stereocenters. The number of nitrogens with one attached hydrogen (secondary N) is 1. The van der Waals surface area contributed by atoms with Gasteiger partial charge in [-0.3, -0.25) is 4.90 Å². The molecule has 0 saturated carbocycles. The molecule has 1 fully saturated rings. The molecule has 1 unspecified atom stereocenters. The van der Waals surface area contributed by atoms with Gasteiger partial charge in [-0.1, -0.05) is 5.16 Å². The van der Waals surface area contributed by atoms with Crippen LogP contribution in [0, 0.1) is 6.92 Å². The molecular weight excluding hydrogens is 232 g/mol. The summed E-state index contributed by atoms with van der Waals surface area (Å²) >= 11 is 0. The van der Waals surface area contributed by atoms with Crippen LogP contribution in [-0.2, 0) is 11.3 Å². The van der Waals surface area contributed by atoms with E-state index in [0.717, 1.165) is 38.6 Å². The molecule has 1 saturated heterocycles. The number of ether oxygens (including phenoxy) is 1. The highest BCUT2D eigenvalue weighted by molar-refractivity contribution is 4.86. The summed E-state index contributed by atoms with van der Waals surface area (Å²) in [6, 6.07) is 0.579. The lowest BCUT2D eigenvalue weighted by molar-refractivity contribution is 0.135. The highest BCUT2D eigenvalue weighted by atomic mass is 16.5. The number of methoxy groups -OCH3 is 1. The Bertz CT molecular complexity index is 350. The molecule has 6 heteroatoms. The van der Waals surface area contributed by atoms with Gasteiger partial charge in [0.2, 0.25) is 5.89 Å². The summed E-state index contributed by atoms with van der Waals surface area (Å²) in [4.78, 5) is 6.57. The van der Waals surface area contributed by atoms with Crippen molar-refractivity contribution in [3.05, 3.63) is 11.7 Å². The number of hydrogen-bond donors (Lipinski definition) is 1. The Morgan fingerprint density at radius 1 is 1.56 bits per heavy atom. The minimum absolute atomic E-state index is 0.579. The minimum atomic E-state index is 0.579. The first-order valence-electron chi connectivity index (χ1n) is 6.52. The van der Waals surface area contributed by atoms with Crippen molar-refractivity contribution in [2.45, 2.75) is 32.4 Å². The Labute approximate surface area is 108 Å². The van der Waals surface area contributed by atoms with Crippen LogP contribution in [0.25, 0.3) is 0 Å². The minimum Gasteiger partial charge on any atom is -0.383 e. The molecule has 0 aromatic carbocycles. The van der Waals surface area contributed by atoms with Gasteiger partial charge in [-0.25, -0.2) is 0 Å². The number of nitrogens with zero attached hydrogens (tertiary/aromatic N) is 3. The molecule has 0 radical (unpaired) electrons. The maximum Gasteiger partial charge on any atom is 0.223 e. The second-order valence-electron chi connectivity index (χ2n) is 4.75. The highest BCUT2D eigenvalue weighted by Crippen LogP contribution is 2.09. The molecule has 0 amide bonds. The first kappa shape index (κ1) is 13.5. The summed E-state index contributed by atoms with van der Waals surface area (Å²) in [7, 11) is 1.73. The molecule has 1 aromatic rings. The van der Waals surface area contributed by atoms with E-state index in [0.29, 0.717) is 11.9 Å². The largest absolute Gasteiger partial charge is 0.383 e. The molecule has 0 spiro atoms. The lowest BCUT2D eigenvalue weighted by atomic mass is 10.2. The van der Waals surface area contributed by atoms with E-state index in [4.69, 9.17) is 9.26 Å². The quantitative estimate of drug-likeness (QED) is 0.768. The molecule has 6 nitrogen and oxygen atoms in total. The van der Waals surface area contributed by atoms with Gasteiger partial charge in [0.15, 0.2) is 5.82 Å². The van der Waals surface area contributed by atoms with Crippen molar-refractivity contribution < 1.29 is 9.26 Å². The zero-order chi connectivity index (χ0) is 12.8. The summed E-state index contributed by atoms with van der Waals surface area (Å²) in [6.07, 6.45) is 2.51. The maximum absolute atomic E-state index is 5.15. The van der Waals surface area contributed by atoms with Crippen molar-refractivity contribution in [1.29, 1.82) is 0 Å². The van der Waals surface area contributed by atoms with Crippen molar-refractivity contribution in [3.8, 4) is 0 Å². The second kappa shape index (κ2) is 6.82. The smallest absolute Gasteiger partial charge is 0.223 e. The van der Waals surface area contributed by atoms with Gasteiger partial charge in [0.05, 0.1) is 13.2 Å². The third kappa shape index (κ3) is 4.04. The molecule has 0 bridgehead atoms. The van der Waals surface area contributed by atoms with Gasteiger partial charge in [-0.2, -0.15) is 4.98 Å². The Kier molecular flexibility index (Phi) is 5.10. The Balaban J connectivity index is 1.86. The zero-order valence-electron chi connectivity index (χ0n) is 11.2. The molecular formula is C12H22N4O2. The van der Waals surface area contributed by atoms with E-state index in [-0.39, 0.29) is 0 Å². The summed E-state index contributed by atoms with van der Waals surface area (Å²) in [5.41, 5.74) is 0. The van der Waals surface area contributed by atoms with Crippen molar-refractivity contribution in [3.63, 3.8) is 0 Å². The number of hydrogen-bond acceptors (Lipinski definition) is 6. The van der Waals surface area contributed by atoms with Crippen LogP contribution in [0.15, 0.2) is 4.52 Å². The molecule has 1 aromatic heterocycles. The van der Waals surface area contributed by atoms with Gasteiger partial charge in [-0.05, 0) is 19.4 Å². The number of aromatic nitrogens is 2. The van der Waals surface area contributed by atoms with Crippen LogP contribution >= 0.6 is 0 Å². The van der Waals surface area contributed by atoms with Crippen LogP contribution in [-0.4, -0.2) is 54.4 Å². The van der Waals surface area contributed by atoms with Gasteiger partial charge in [0.1, 0.15) is 0 Å². The standard InChI is InChI=1S/C12H22N4O2/c1-10-14-12(15-18-10)9-16(6-7-17-2)8-11-4-3-5-13-11/h11,13H,3-9H2,1-2H3. The molecule has 1 N–H and O–H groups in total. The predicted octanol–water partition coefficient (Wildman–Crippen LogP) is 0.578. The van der Waals surface area contributed by atoms with E-state index >= 15 is 0 Å². The molecule has 1 aliphatic heterocycles. The predicted molar refractivity (Wildman–Crippen MR) is 67.2 cm³/mol. The Morgan fingerprint density at radius 2 is 2.44 bits per heavy atom. The fourth-order valence-electron chi connectivity index (χ4n) is 2.29. The van der Waals surface area contributed by atoms with Crippen LogP contribution < -0.4 is 5.32 Å². The monoisotopic (exact) mass is 254 g/mol. The summed E-state index contributed by atoms with van der Waals surface area (Å²) in [5, 5.41) is 7.46. The van der Waals surface area contributed by atoms with Crippen molar-refractivity contribution in [2.24, 2.45) is 0 Å². The Hall–Kier alpha value is -0.980. The molecule has 0 aliphatic carbocycles. The van der Waals surface area contributed by atoms with Crippen molar-refractivity contribution in [1.82, 2.24) is 20.4 Å². The van der Waals surface area contributed by atoms with Crippen LogP contribution in [0.1, 0.15) is 24.6 Å². The fraction of sp³-hybridized carbons (Fsp3) is 0.833. The lowest BCUT2D eigenvalue weighted by Gasteiger charge is -2.23. The maximum atomic E-state index is 5.15. The van der Waals surface area contributed by atoms with E-state index in [1.165, 1.54) is 12.8 Å². The van der Waals surface area contributed by atoms with E-state index in [1.807, 2.05) is 6.92 Å². The van der Waals surface area contributed by atoms with E-state index in [1.54, 1.807) is 7.11 Å². The average Bonchev–Trinajstić information content (AvgIpc) is 2.98. The molecule has 1 aliphatic rings. The van der Waals surface area contributed by atoms with E-state index < -0.39 is 0 Å². The third-order valence-corrected chi connectivity index (χ3v) is 3.19. The lowest BCUT2D eigenvalue weighted by Crippen LogP contribution is -2.39. The first-order valence-corrected chi connectivity index (χ1v) is 6.52. The number of rotatable bonds is 7. The van der Waals surface area contributed by atoms with Crippen LogP contribution in [0.5, 0.6) is 0 Å². The van der Waals surface area contributed by atoms with Crippen molar-refractivity contribution >= 4 is 0 Å². The van der Waals surface area contributed by atoms with Crippen LogP contribution in [0.4, 0.5) is 0 Å². The average molecular weight is 254 g/mol. The molecule has 18 heavy (non-hydrogen) atoms. The number of aryl methyl sites for hydroxylation is 1. The zero-order valence-corrected chi connectivity index (χ0v) is 11.2. The van der Waals surface area contributed by atoms with Crippen LogP contribution in [0.2, 0.25) is 0 Å². The summed E-state index contributed by atoms with van der Waals surface area (Å²) < 4.78 is 10.2.